The summed E-state index contributed by atoms with van der Waals surface area (Å²) in [5.74, 6) is 0.778. The van der Waals surface area contributed by atoms with Crippen LogP contribution in [0.25, 0.3) is 5.69 Å². The Morgan fingerprint density at radius 1 is 1.07 bits per heavy atom. The molecule has 1 N–H and O–H groups in total. The molecule has 2 aromatic heterocycles. The van der Waals surface area contributed by atoms with Crippen LogP contribution in [0.3, 0.4) is 0 Å². The summed E-state index contributed by atoms with van der Waals surface area (Å²) in [5.41, 5.74) is 1.72. The molecule has 1 saturated heterocycles. The number of nitrogens with zero attached hydrogens (tertiary/aromatic N) is 4. The maximum Gasteiger partial charge on any atom is 0.289 e. The zero-order chi connectivity index (χ0) is 20.2. The van der Waals surface area contributed by atoms with Gasteiger partial charge in [0.15, 0.2) is 5.76 Å². The van der Waals surface area contributed by atoms with Gasteiger partial charge in [-0.15, -0.1) is 0 Å². The Balaban J connectivity index is 1.33. The van der Waals surface area contributed by atoms with Gasteiger partial charge in [0.2, 0.25) is 5.91 Å². The molecule has 1 aromatic carbocycles. The number of rotatable bonds is 5. The number of aromatic nitrogens is 2. The molecule has 1 aliphatic rings. The predicted molar refractivity (Wildman–Crippen MR) is 108 cm³/mol. The molecule has 0 bridgehead atoms. The molecular formula is C21H23N5O3. The topological polar surface area (TPSA) is 83.6 Å². The van der Waals surface area contributed by atoms with Crippen LogP contribution in [0.1, 0.15) is 16.2 Å². The molecule has 0 atom stereocenters. The monoisotopic (exact) mass is 393 g/mol. The quantitative estimate of drug-likeness (QED) is 0.718. The SMILES string of the molecule is Cc1cc(NC(=O)CN2CCN(C(=O)c3ccco3)CC2)n(-c2ccccc2)n1. The van der Waals surface area contributed by atoms with Gasteiger partial charge < -0.3 is 14.6 Å². The third kappa shape index (κ3) is 4.38. The number of nitrogens with one attached hydrogen (secondary N) is 1. The number of hydrogen-bond acceptors (Lipinski definition) is 5. The van der Waals surface area contributed by atoms with E-state index in [0.29, 0.717) is 37.8 Å². The molecular weight excluding hydrogens is 370 g/mol. The average molecular weight is 393 g/mol. The van der Waals surface area contributed by atoms with Crippen molar-refractivity contribution in [3.05, 3.63) is 66.2 Å². The van der Waals surface area contributed by atoms with Crippen molar-refractivity contribution in [2.75, 3.05) is 38.0 Å². The van der Waals surface area contributed by atoms with Crippen LogP contribution in [0, 0.1) is 6.92 Å². The normalized spacial score (nSPS) is 14.7. The first-order valence-corrected chi connectivity index (χ1v) is 9.57. The Kier molecular flexibility index (Phi) is 5.44. The lowest BCUT2D eigenvalue weighted by atomic mass is 10.3. The number of carbonyl (C=O) groups excluding carboxylic acids is 2. The number of anilines is 1. The van der Waals surface area contributed by atoms with Gasteiger partial charge in [-0.05, 0) is 31.2 Å². The molecule has 0 spiro atoms. The Labute approximate surface area is 168 Å². The van der Waals surface area contributed by atoms with Gasteiger partial charge in [-0.2, -0.15) is 5.10 Å². The zero-order valence-corrected chi connectivity index (χ0v) is 16.2. The van der Waals surface area contributed by atoms with Crippen molar-refractivity contribution in [1.29, 1.82) is 0 Å². The molecule has 3 heterocycles. The number of amides is 2. The minimum atomic E-state index is -0.110. The first-order valence-electron chi connectivity index (χ1n) is 9.57. The highest BCUT2D eigenvalue weighted by molar-refractivity contribution is 5.92. The highest BCUT2D eigenvalue weighted by Gasteiger charge is 2.25. The largest absolute Gasteiger partial charge is 0.459 e. The van der Waals surface area contributed by atoms with Crippen LogP contribution in [0.5, 0.6) is 0 Å². The molecule has 0 unspecified atom stereocenters. The molecule has 0 radical (unpaired) electrons. The number of carbonyl (C=O) groups is 2. The van der Waals surface area contributed by atoms with E-state index in [1.54, 1.807) is 21.7 Å². The van der Waals surface area contributed by atoms with Crippen LogP contribution < -0.4 is 5.32 Å². The standard InChI is InChI=1S/C21H23N5O3/c1-16-14-19(26(23-16)17-6-3-2-4-7-17)22-20(27)15-24-9-11-25(12-10-24)21(28)18-8-5-13-29-18/h2-8,13-14H,9-12,15H2,1H3,(H,22,27). The summed E-state index contributed by atoms with van der Waals surface area (Å²) >= 11 is 0. The van der Waals surface area contributed by atoms with Crippen molar-refractivity contribution >= 4 is 17.6 Å². The number of piperazine rings is 1. The van der Waals surface area contributed by atoms with Crippen molar-refractivity contribution in [2.45, 2.75) is 6.92 Å². The van der Waals surface area contributed by atoms with E-state index >= 15 is 0 Å². The van der Waals surface area contributed by atoms with Crippen LogP contribution in [-0.2, 0) is 4.79 Å². The molecule has 3 aromatic rings. The average Bonchev–Trinajstić information content (AvgIpc) is 3.39. The molecule has 2 amide bonds. The minimum absolute atomic E-state index is 0.104. The summed E-state index contributed by atoms with van der Waals surface area (Å²) < 4.78 is 6.91. The van der Waals surface area contributed by atoms with E-state index in [9.17, 15) is 9.59 Å². The summed E-state index contributed by atoms with van der Waals surface area (Å²) in [5, 5.41) is 7.43. The number of furan rings is 1. The maximum atomic E-state index is 12.6. The summed E-state index contributed by atoms with van der Waals surface area (Å²) in [6, 6.07) is 14.9. The lowest BCUT2D eigenvalue weighted by Crippen LogP contribution is -2.50. The van der Waals surface area contributed by atoms with E-state index in [4.69, 9.17) is 4.42 Å². The molecule has 8 heteroatoms. The van der Waals surface area contributed by atoms with E-state index in [1.165, 1.54) is 6.26 Å². The van der Waals surface area contributed by atoms with E-state index < -0.39 is 0 Å². The van der Waals surface area contributed by atoms with E-state index in [0.717, 1.165) is 11.4 Å². The van der Waals surface area contributed by atoms with Gasteiger partial charge in [-0.3, -0.25) is 14.5 Å². The fraction of sp³-hybridized carbons (Fsp3) is 0.286. The van der Waals surface area contributed by atoms with Gasteiger partial charge >= 0.3 is 0 Å². The number of benzene rings is 1. The van der Waals surface area contributed by atoms with Crippen molar-refractivity contribution < 1.29 is 14.0 Å². The first-order chi connectivity index (χ1) is 14.1. The molecule has 4 rings (SSSR count). The van der Waals surface area contributed by atoms with E-state index in [1.807, 2.05) is 48.2 Å². The summed E-state index contributed by atoms with van der Waals surface area (Å²) in [6.45, 7) is 4.56. The van der Waals surface area contributed by atoms with Crippen molar-refractivity contribution in [3.8, 4) is 5.69 Å². The van der Waals surface area contributed by atoms with E-state index in [-0.39, 0.29) is 18.4 Å². The van der Waals surface area contributed by atoms with Crippen LogP contribution in [0.4, 0.5) is 5.82 Å². The lowest BCUT2D eigenvalue weighted by molar-refractivity contribution is -0.117. The van der Waals surface area contributed by atoms with Crippen molar-refractivity contribution in [2.24, 2.45) is 0 Å². The Morgan fingerprint density at radius 3 is 2.52 bits per heavy atom. The highest BCUT2D eigenvalue weighted by atomic mass is 16.3. The fourth-order valence-corrected chi connectivity index (χ4v) is 3.41. The van der Waals surface area contributed by atoms with E-state index in [2.05, 4.69) is 10.4 Å². The third-order valence-electron chi connectivity index (χ3n) is 4.86. The molecule has 29 heavy (non-hydrogen) atoms. The lowest BCUT2D eigenvalue weighted by Gasteiger charge is -2.33. The number of aryl methyl sites for hydroxylation is 1. The molecule has 150 valence electrons. The second kappa shape index (κ2) is 8.32. The first kappa shape index (κ1) is 18.9. The second-order valence-electron chi connectivity index (χ2n) is 7.01. The van der Waals surface area contributed by atoms with Crippen molar-refractivity contribution in [3.63, 3.8) is 0 Å². The Morgan fingerprint density at radius 2 is 1.83 bits per heavy atom. The van der Waals surface area contributed by atoms with Gasteiger partial charge in [0, 0.05) is 32.2 Å². The Bertz CT molecular complexity index is 973. The van der Waals surface area contributed by atoms with Crippen LogP contribution in [0.2, 0.25) is 0 Å². The molecule has 0 aliphatic carbocycles. The summed E-state index contributed by atoms with van der Waals surface area (Å²) in [4.78, 5) is 28.7. The van der Waals surface area contributed by atoms with Crippen LogP contribution in [0.15, 0.2) is 59.2 Å². The second-order valence-corrected chi connectivity index (χ2v) is 7.01. The number of para-hydroxylation sites is 1. The van der Waals surface area contributed by atoms with Gasteiger partial charge in [0.1, 0.15) is 5.82 Å². The van der Waals surface area contributed by atoms with Crippen LogP contribution >= 0.6 is 0 Å². The summed E-state index contributed by atoms with van der Waals surface area (Å²) in [7, 11) is 0. The van der Waals surface area contributed by atoms with Gasteiger partial charge in [0.05, 0.1) is 24.2 Å². The molecule has 1 fully saturated rings. The zero-order valence-electron chi connectivity index (χ0n) is 16.2. The smallest absolute Gasteiger partial charge is 0.289 e. The fourth-order valence-electron chi connectivity index (χ4n) is 3.41. The molecule has 1 aliphatic heterocycles. The number of hydrogen-bond donors (Lipinski definition) is 1. The maximum absolute atomic E-state index is 12.6. The van der Waals surface area contributed by atoms with Gasteiger partial charge in [-0.25, -0.2) is 4.68 Å². The predicted octanol–water partition coefficient (Wildman–Crippen LogP) is 2.17. The Hall–Kier alpha value is -3.39. The molecule has 8 nitrogen and oxygen atoms in total. The molecule has 0 saturated carbocycles. The van der Waals surface area contributed by atoms with Gasteiger partial charge in [0.25, 0.3) is 5.91 Å². The third-order valence-corrected chi connectivity index (χ3v) is 4.86. The van der Waals surface area contributed by atoms with Gasteiger partial charge in [-0.1, -0.05) is 18.2 Å². The minimum Gasteiger partial charge on any atom is -0.459 e. The van der Waals surface area contributed by atoms with Crippen molar-refractivity contribution in [1.82, 2.24) is 19.6 Å². The highest BCUT2D eigenvalue weighted by Crippen LogP contribution is 2.17. The summed E-state index contributed by atoms with van der Waals surface area (Å²) in [6.07, 6.45) is 1.50. The van der Waals surface area contributed by atoms with Crippen LogP contribution in [-0.4, -0.2) is 64.1 Å².